The number of hydrogen-bond acceptors (Lipinski definition) is 5. The van der Waals surface area contributed by atoms with Crippen molar-refractivity contribution in [3.63, 3.8) is 0 Å². The average molecular weight is 269 g/mol. The van der Waals surface area contributed by atoms with Gasteiger partial charge in [0.15, 0.2) is 0 Å². The predicted molar refractivity (Wildman–Crippen MR) is 69.1 cm³/mol. The summed E-state index contributed by atoms with van der Waals surface area (Å²) in [6.45, 7) is 3.36. The minimum Gasteiger partial charge on any atom is -0.337 e. The molecule has 98 valence electrons. The third-order valence-electron chi connectivity index (χ3n) is 3.20. The molecule has 1 aromatic rings. The van der Waals surface area contributed by atoms with Crippen molar-refractivity contribution in [2.75, 3.05) is 20.1 Å². The monoisotopic (exact) mass is 269 g/mol. The number of nitro groups is 1. The first-order valence-electron chi connectivity index (χ1n) is 5.73. The second kappa shape index (κ2) is 5.03. The molecule has 1 aromatic heterocycles. The zero-order chi connectivity index (χ0) is 13.3. The summed E-state index contributed by atoms with van der Waals surface area (Å²) >= 11 is 1.18. The first-order chi connectivity index (χ1) is 8.50. The molecule has 1 aliphatic heterocycles. The molecule has 1 atom stereocenters. The standard InChI is InChI=1S/C11H15N3O3S/c1-7-9(14(16)17)5-10(18-7)11(15)13(2)8-3-4-12-6-8/h5,8,12H,3-4,6H2,1-2H3. The Morgan fingerprint density at radius 3 is 2.89 bits per heavy atom. The lowest BCUT2D eigenvalue weighted by molar-refractivity contribution is -0.385. The first-order valence-corrected chi connectivity index (χ1v) is 6.55. The quantitative estimate of drug-likeness (QED) is 0.664. The number of amides is 1. The molecular formula is C11H15N3O3S. The molecule has 1 fully saturated rings. The van der Waals surface area contributed by atoms with Gasteiger partial charge in [-0.2, -0.15) is 0 Å². The third kappa shape index (κ3) is 2.37. The number of aryl methyl sites for hydroxylation is 1. The number of likely N-dealkylation sites (N-methyl/N-ethyl adjacent to an activating group) is 1. The van der Waals surface area contributed by atoms with E-state index in [2.05, 4.69) is 5.32 Å². The molecule has 0 spiro atoms. The number of nitrogens with one attached hydrogen (secondary N) is 1. The number of carbonyl (C=O) groups excluding carboxylic acids is 1. The number of rotatable bonds is 3. The summed E-state index contributed by atoms with van der Waals surface area (Å²) in [7, 11) is 1.75. The Bertz CT molecular complexity index is 480. The average Bonchev–Trinajstić information content (AvgIpc) is 2.95. The Morgan fingerprint density at radius 1 is 1.67 bits per heavy atom. The van der Waals surface area contributed by atoms with Gasteiger partial charge in [-0.05, 0) is 19.9 Å². The molecule has 1 N–H and O–H groups in total. The Balaban J connectivity index is 2.17. The molecular weight excluding hydrogens is 254 g/mol. The highest BCUT2D eigenvalue weighted by Crippen LogP contribution is 2.29. The molecule has 18 heavy (non-hydrogen) atoms. The molecule has 6 nitrogen and oxygen atoms in total. The summed E-state index contributed by atoms with van der Waals surface area (Å²) in [6, 6.07) is 1.56. The van der Waals surface area contributed by atoms with Crippen molar-refractivity contribution in [2.45, 2.75) is 19.4 Å². The van der Waals surface area contributed by atoms with Crippen LogP contribution >= 0.6 is 11.3 Å². The normalized spacial score (nSPS) is 18.9. The smallest absolute Gasteiger partial charge is 0.283 e. The van der Waals surface area contributed by atoms with Crippen LogP contribution in [0.15, 0.2) is 6.07 Å². The summed E-state index contributed by atoms with van der Waals surface area (Å²) in [4.78, 5) is 25.2. The van der Waals surface area contributed by atoms with Gasteiger partial charge in [-0.25, -0.2) is 0 Å². The molecule has 2 heterocycles. The molecule has 1 aliphatic rings. The van der Waals surface area contributed by atoms with Crippen molar-refractivity contribution in [2.24, 2.45) is 0 Å². The first kappa shape index (κ1) is 13.0. The van der Waals surface area contributed by atoms with Crippen molar-refractivity contribution in [1.82, 2.24) is 10.2 Å². The Labute approximate surface area is 109 Å². The van der Waals surface area contributed by atoms with Gasteiger partial charge in [0.25, 0.3) is 11.6 Å². The summed E-state index contributed by atoms with van der Waals surface area (Å²) in [5.74, 6) is -0.134. The van der Waals surface area contributed by atoms with E-state index in [0.29, 0.717) is 9.75 Å². The van der Waals surface area contributed by atoms with Crippen molar-refractivity contribution in [3.8, 4) is 0 Å². The zero-order valence-electron chi connectivity index (χ0n) is 10.3. The lowest BCUT2D eigenvalue weighted by Crippen LogP contribution is -2.37. The van der Waals surface area contributed by atoms with Gasteiger partial charge in [0.1, 0.15) is 0 Å². The van der Waals surface area contributed by atoms with Crippen LogP contribution in [0.2, 0.25) is 0 Å². The van der Waals surface area contributed by atoms with Crippen molar-refractivity contribution in [1.29, 1.82) is 0 Å². The maximum Gasteiger partial charge on any atom is 0.283 e. The highest BCUT2D eigenvalue weighted by atomic mass is 32.1. The minimum atomic E-state index is -0.445. The highest BCUT2D eigenvalue weighted by molar-refractivity contribution is 7.14. The molecule has 7 heteroatoms. The summed E-state index contributed by atoms with van der Waals surface area (Å²) in [6.07, 6.45) is 0.925. The molecule has 1 saturated heterocycles. The fraction of sp³-hybridized carbons (Fsp3) is 0.545. The van der Waals surface area contributed by atoms with Gasteiger partial charge in [-0.15, -0.1) is 11.3 Å². The van der Waals surface area contributed by atoms with Gasteiger partial charge >= 0.3 is 0 Å². The van der Waals surface area contributed by atoms with Crippen LogP contribution in [0.25, 0.3) is 0 Å². The lowest BCUT2D eigenvalue weighted by atomic mass is 10.2. The Morgan fingerprint density at radius 2 is 2.39 bits per heavy atom. The Kier molecular flexibility index (Phi) is 3.63. The molecule has 2 rings (SSSR count). The van der Waals surface area contributed by atoms with Crippen LogP contribution in [0.3, 0.4) is 0 Å². The summed E-state index contributed by atoms with van der Waals surface area (Å²) in [5.41, 5.74) is 0.0290. The maximum atomic E-state index is 12.2. The Hall–Kier alpha value is -1.47. The fourth-order valence-corrected chi connectivity index (χ4v) is 3.04. The van der Waals surface area contributed by atoms with Crippen LogP contribution in [0.5, 0.6) is 0 Å². The van der Waals surface area contributed by atoms with Gasteiger partial charge in [-0.1, -0.05) is 0 Å². The van der Waals surface area contributed by atoms with Crippen LogP contribution in [-0.4, -0.2) is 41.9 Å². The molecule has 0 radical (unpaired) electrons. The van der Waals surface area contributed by atoms with E-state index in [1.165, 1.54) is 17.4 Å². The van der Waals surface area contributed by atoms with Gasteiger partial charge < -0.3 is 10.2 Å². The number of thiophene rings is 1. The third-order valence-corrected chi connectivity index (χ3v) is 4.23. The zero-order valence-corrected chi connectivity index (χ0v) is 11.1. The molecule has 1 amide bonds. The second-order valence-corrected chi connectivity index (χ2v) is 5.63. The van der Waals surface area contributed by atoms with Gasteiger partial charge in [0, 0.05) is 25.7 Å². The van der Waals surface area contributed by atoms with Crippen molar-refractivity contribution in [3.05, 3.63) is 25.9 Å². The van der Waals surface area contributed by atoms with Crippen LogP contribution < -0.4 is 5.32 Å². The highest BCUT2D eigenvalue weighted by Gasteiger charge is 2.27. The minimum absolute atomic E-state index is 0.0290. The fourth-order valence-electron chi connectivity index (χ4n) is 2.07. The van der Waals surface area contributed by atoms with Gasteiger partial charge in [-0.3, -0.25) is 14.9 Å². The van der Waals surface area contributed by atoms with E-state index in [1.807, 2.05) is 0 Å². The van der Waals surface area contributed by atoms with Crippen molar-refractivity contribution < 1.29 is 9.72 Å². The van der Waals surface area contributed by atoms with Crippen LogP contribution in [0, 0.1) is 17.0 Å². The molecule has 0 bridgehead atoms. The van der Waals surface area contributed by atoms with E-state index in [0.717, 1.165) is 19.5 Å². The lowest BCUT2D eigenvalue weighted by Gasteiger charge is -2.22. The van der Waals surface area contributed by atoms with Crippen molar-refractivity contribution >= 4 is 22.9 Å². The van der Waals surface area contributed by atoms with E-state index in [4.69, 9.17) is 0 Å². The van der Waals surface area contributed by atoms with E-state index >= 15 is 0 Å². The van der Waals surface area contributed by atoms with Crippen LogP contribution in [-0.2, 0) is 0 Å². The predicted octanol–water partition coefficient (Wildman–Crippen LogP) is 1.40. The largest absolute Gasteiger partial charge is 0.337 e. The van der Waals surface area contributed by atoms with E-state index < -0.39 is 4.92 Å². The maximum absolute atomic E-state index is 12.2. The summed E-state index contributed by atoms with van der Waals surface area (Å²) < 4.78 is 0. The van der Waals surface area contributed by atoms with Gasteiger partial charge in [0.05, 0.1) is 14.7 Å². The SMILES string of the molecule is Cc1sc(C(=O)N(C)C2CCNC2)cc1[N+](=O)[O-]. The number of carbonyl (C=O) groups is 1. The van der Waals surface area contributed by atoms with Crippen LogP contribution in [0.1, 0.15) is 21.0 Å². The molecule has 0 saturated carbocycles. The summed E-state index contributed by atoms with van der Waals surface area (Å²) in [5, 5.41) is 14.0. The van der Waals surface area contributed by atoms with Gasteiger partial charge in [0.2, 0.25) is 0 Å². The van der Waals surface area contributed by atoms with E-state index in [9.17, 15) is 14.9 Å². The van der Waals surface area contributed by atoms with E-state index in [1.54, 1.807) is 18.9 Å². The number of nitrogens with zero attached hydrogens (tertiary/aromatic N) is 2. The topological polar surface area (TPSA) is 75.5 Å². The van der Waals surface area contributed by atoms with Crippen LogP contribution in [0.4, 0.5) is 5.69 Å². The second-order valence-electron chi connectivity index (χ2n) is 4.37. The molecule has 0 aromatic carbocycles. The van der Waals surface area contributed by atoms with E-state index in [-0.39, 0.29) is 17.6 Å². The molecule has 0 aliphatic carbocycles. The number of hydrogen-bond donors (Lipinski definition) is 1. The molecule has 1 unspecified atom stereocenters.